The van der Waals surface area contributed by atoms with Gasteiger partial charge >= 0.3 is 0 Å². The molecule has 0 saturated heterocycles. The highest BCUT2D eigenvalue weighted by atomic mass is 32.2. The Morgan fingerprint density at radius 2 is 1.92 bits per heavy atom. The molecule has 0 spiro atoms. The molecule has 1 heterocycles. The second kappa shape index (κ2) is 8.05. The van der Waals surface area contributed by atoms with Gasteiger partial charge in [-0.3, -0.25) is 4.79 Å². The number of thioether (sulfide) groups is 1. The first-order chi connectivity index (χ1) is 11.4. The van der Waals surface area contributed by atoms with E-state index in [4.69, 9.17) is 15.2 Å². The molecule has 1 aromatic heterocycles. The lowest BCUT2D eigenvalue weighted by molar-refractivity contribution is -0.115. The third-order valence-corrected chi connectivity index (χ3v) is 4.25. The van der Waals surface area contributed by atoms with Gasteiger partial charge in [-0.2, -0.15) is 0 Å². The van der Waals surface area contributed by atoms with Crippen LogP contribution in [0.1, 0.15) is 38.7 Å². The maximum absolute atomic E-state index is 11.0. The number of ether oxygens (including phenoxy) is 2. The number of nitrogens with two attached hydrogens (primary N) is 1. The minimum Gasteiger partial charge on any atom is -0.493 e. The molecule has 1 unspecified atom stereocenters. The number of benzene rings is 1. The van der Waals surface area contributed by atoms with Crippen molar-refractivity contribution in [3.8, 4) is 11.5 Å². The van der Waals surface area contributed by atoms with Gasteiger partial charge in [-0.05, 0) is 32.9 Å². The van der Waals surface area contributed by atoms with Crippen molar-refractivity contribution in [3.63, 3.8) is 0 Å². The Morgan fingerprint density at radius 1 is 1.25 bits per heavy atom. The molecule has 7 nitrogen and oxygen atoms in total. The predicted molar refractivity (Wildman–Crippen MR) is 92.4 cm³/mol. The number of para-hydroxylation sites is 2. The molecule has 0 radical (unpaired) electrons. The van der Waals surface area contributed by atoms with Gasteiger partial charge in [0.2, 0.25) is 5.91 Å². The van der Waals surface area contributed by atoms with E-state index < -0.39 is 5.91 Å². The summed E-state index contributed by atoms with van der Waals surface area (Å²) < 4.78 is 13.3. The predicted octanol–water partition coefficient (Wildman–Crippen LogP) is 2.59. The Balaban J connectivity index is 2.25. The average Bonchev–Trinajstić information content (AvgIpc) is 2.97. The number of carbonyl (C=O) groups is 1. The van der Waals surface area contributed by atoms with E-state index in [0.717, 1.165) is 0 Å². The number of aromatic nitrogens is 3. The number of nitrogens with zero attached hydrogens (tertiary/aromatic N) is 3. The fraction of sp³-hybridized carbons (Fsp3) is 0.438. The van der Waals surface area contributed by atoms with Crippen LogP contribution in [0.5, 0.6) is 11.5 Å². The summed E-state index contributed by atoms with van der Waals surface area (Å²) in [5.41, 5.74) is 5.21. The first kappa shape index (κ1) is 18.1. The molecule has 2 rings (SSSR count). The summed E-state index contributed by atoms with van der Waals surface area (Å²) in [6.07, 6.45) is -0.334. The average molecular weight is 350 g/mol. The fourth-order valence-electron chi connectivity index (χ4n) is 2.24. The minimum atomic E-state index is -0.391. The molecule has 8 heteroatoms. The normalized spacial score (nSPS) is 12.2. The van der Waals surface area contributed by atoms with Crippen LogP contribution in [-0.4, -0.2) is 33.5 Å². The molecule has 0 aliphatic heterocycles. The smallest absolute Gasteiger partial charge is 0.227 e. The largest absolute Gasteiger partial charge is 0.493 e. The molecule has 1 atom stereocenters. The highest BCUT2D eigenvalue weighted by Gasteiger charge is 2.22. The van der Waals surface area contributed by atoms with Crippen molar-refractivity contribution in [1.29, 1.82) is 0 Å². The number of carbonyl (C=O) groups excluding carboxylic acids is 1. The van der Waals surface area contributed by atoms with Gasteiger partial charge in [-0.1, -0.05) is 23.9 Å². The minimum absolute atomic E-state index is 0.120. The van der Waals surface area contributed by atoms with Crippen LogP contribution in [-0.2, 0) is 4.79 Å². The van der Waals surface area contributed by atoms with Crippen molar-refractivity contribution in [1.82, 2.24) is 14.8 Å². The van der Waals surface area contributed by atoms with E-state index in [9.17, 15) is 4.79 Å². The Labute approximate surface area is 145 Å². The van der Waals surface area contributed by atoms with Crippen molar-refractivity contribution in [2.75, 3.05) is 12.9 Å². The molecular weight excluding hydrogens is 328 g/mol. The summed E-state index contributed by atoms with van der Waals surface area (Å²) in [4.78, 5) is 11.0. The highest BCUT2D eigenvalue weighted by Crippen LogP contribution is 2.32. The monoisotopic (exact) mass is 350 g/mol. The molecule has 0 bridgehead atoms. The van der Waals surface area contributed by atoms with Gasteiger partial charge in [0.15, 0.2) is 28.6 Å². The SMILES string of the molecule is COc1ccccc1OC(C)c1nnc(SCC(N)=O)n1C(C)C. The quantitative estimate of drug-likeness (QED) is 0.736. The zero-order valence-electron chi connectivity index (χ0n) is 14.2. The zero-order chi connectivity index (χ0) is 17.7. The zero-order valence-corrected chi connectivity index (χ0v) is 15.0. The van der Waals surface area contributed by atoms with Gasteiger partial charge in [0.25, 0.3) is 0 Å². The van der Waals surface area contributed by atoms with Crippen LogP contribution >= 0.6 is 11.8 Å². The number of primary amides is 1. The Bertz CT molecular complexity index is 702. The molecule has 2 aromatic rings. The number of rotatable bonds is 8. The lowest BCUT2D eigenvalue weighted by Gasteiger charge is -2.19. The molecule has 2 N–H and O–H groups in total. The van der Waals surface area contributed by atoms with Crippen LogP contribution in [0.3, 0.4) is 0 Å². The van der Waals surface area contributed by atoms with Crippen LogP contribution in [0.15, 0.2) is 29.4 Å². The maximum Gasteiger partial charge on any atom is 0.227 e. The number of hydrogen-bond donors (Lipinski definition) is 1. The molecule has 1 amide bonds. The maximum atomic E-state index is 11.0. The van der Waals surface area contributed by atoms with Crippen molar-refractivity contribution >= 4 is 17.7 Å². The van der Waals surface area contributed by atoms with Crippen molar-refractivity contribution in [2.45, 2.75) is 38.1 Å². The lowest BCUT2D eigenvalue weighted by Crippen LogP contribution is -2.16. The molecule has 1 aromatic carbocycles. The highest BCUT2D eigenvalue weighted by molar-refractivity contribution is 7.99. The van der Waals surface area contributed by atoms with E-state index in [0.29, 0.717) is 22.5 Å². The van der Waals surface area contributed by atoms with Crippen molar-refractivity contribution < 1.29 is 14.3 Å². The van der Waals surface area contributed by atoms with Gasteiger partial charge < -0.3 is 19.8 Å². The molecule has 0 saturated carbocycles. The molecule has 0 aliphatic rings. The molecule has 24 heavy (non-hydrogen) atoms. The second-order valence-electron chi connectivity index (χ2n) is 5.47. The van der Waals surface area contributed by atoms with Crippen molar-refractivity contribution in [3.05, 3.63) is 30.1 Å². The van der Waals surface area contributed by atoms with Crippen LogP contribution < -0.4 is 15.2 Å². The summed E-state index contributed by atoms with van der Waals surface area (Å²) in [5.74, 6) is 1.74. The lowest BCUT2D eigenvalue weighted by atomic mass is 10.3. The van der Waals surface area contributed by atoms with Crippen molar-refractivity contribution in [2.24, 2.45) is 5.73 Å². The van der Waals surface area contributed by atoms with Crippen LogP contribution in [0.25, 0.3) is 0 Å². The Morgan fingerprint density at radius 3 is 2.50 bits per heavy atom. The van der Waals surface area contributed by atoms with E-state index in [1.54, 1.807) is 7.11 Å². The van der Waals surface area contributed by atoms with Gasteiger partial charge in [-0.25, -0.2) is 0 Å². The van der Waals surface area contributed by atoms with Crippen LogP contribution in [0.2, 0.25) is 0 Å². The van der Waals surface area contributed by atoms with Gasteiger partial charge in [0, 0.05) is 6.04 Å². The molecule has 0 fully saturated rings. The van der Waals surface area contributed by atoms with Gasteiger partial charge in [-0.15, -0.1) is 10.2 Å². The Kier molecular flexibility index (Phi) is 6.08. The summed E-state index contributed by atoms with van der Waals surface area (Å²) in [7, 11) is 1.60. The van der Waals surface area contributed by atoms with Gasteiger partial charge in [0.05, 0.1) is 12.9 Å². The summed E-state index contributed by atoms with van der Waals surface area (Å²) in [5, 5.41) is 9.06. The fourth-order valence-corrected chi connectivity index (χ4v) is 3.06. The Hall–Kier alpha value is -2.22. The van der Waals surface area contributed by atoms with E-state index in [2.05, 4.69) is 10.2 Å². The van der Waals surface area contributed by atoms with E-state index >= 15 is 0 Å². The van der Waals surface area contributed by atoms with Gasteiger partial charge in [0.1, 0.15) is 0 Å². The second-order valence-corrected chi connectivity index (χ2v) is 6.41. The number of amides is 1. The van der Waals surface area contributed by atoms with Crippen LogP contribution in [0, 0.1) is 0 Å². The summed E-state index contributed by atoms with van der Waals surface area (Å²) in [6, 6.07) is 7.56. The summed E-state index contributed by atoms with van der Waals surface area (Å²) in [6.45, 7) is 5.95. The topological polar surface area (TPSA) is 92.3 Å². The van der Waals surface area contributed by atoms with E-state index in [1.165, 1.54) is 11.8 Å². The first-order valence-electron chi connectivity index (χ1n) is 7.59. The number of methoxy groups -OCH3 is 1. The molecule has 130 valence electrons. The molecular formula is C16H22N4O3S. The van der Waals surface area contributed by atoms with E-state index in [1.807, 2.05) is 49.6 Å². The third kappa shape index (κ3) is 4.19. The molecule has 0 aliphatic carbocycles. The van der Waals surface area contributed by atoms with Crippen LogP contribution in [0.4, 0.5) is 0 Å². The first-order valence-corrected chi connectivity index (χ1v) is 8.58. The third-order valence-electron chi connectivity index (χ3n) is 3.29. The standard InChI is InChI=1S/C16H22N4O3S/c1-10(2)20-15(18-19-16(20)24-9-14(17)21)11(3)23-13-8-6-5-7-12(13)22-4/h5-8,10-11H,9H2,1-4H3,(H2,17,21). The van der Waals surface area contributed by atoms with E-state index in [-0.39, 0.29) is 17.9 Å². The summed E-state index contributed by atoms with van der Waals surface area (Å²) >= 11 is 1.27. The number of hydrogen-bond acceptors (Lipinski definition) is 6.